The first-order valence-corrected chi connectivity index (χ1v) is 12.9. The van der Waals surface area contributed by atoms with Crippen molar-refractivity contribution in [1.82, 2.24) is 0 Å². The molecule has 2 aromatic carbocycles. The zero-order chi connectivity index (χ0) is 23.7. The maximum atomic E-state index is 10.2. The first kappa shape index (κ1) is 26.3. The van der Waals surface area contributed by atoms with Crippen LogP contribution in [0.5, 0.6) is 11.5 Å². The topological polar surface area (TPSA) is 40.5 Å². The fourth-order valence-electron chi connectivity index (χ4n) is 4.66. The van der Waals surface area contributed by atoms with Crippen molar-refractivity contribution in [3.8, 4) is 11.5 Å². The van der Waals surface area contributed by atoms with Gasteiger partial charge < -0.3 is 10.2 Å². The summed E-state index contributed by atoms with van der Waals surface area (Å²) in [7, 11) is 0. The number of aromatic hydroxyl groups is 2. The zero-order valence-corrected chi connectivity index (χ0v) is 21.4. The van der Waals surface area contributed by atoms with Gasteiger partial charge in [-0.25, -0.2) is 0 Å². The van der Waals surface area contributed by atoms with Crippen LogP contribution in [0.3, 0.4) is 0 Å². The normalized spacial score (nSPS) is 11.6. The highest BCUT2D eigenvalue weighted by atomic mass is 16.3. The number of hydrogen-bond donors (Lipinski definition) is 2. The van der Waals surface area contributed by atoms with Gasteiger partial charge in [0.05, 0.1) is 0 Å². The average Bonchev–Trinajstić information content (AvgIpc) is 2.73. The summed E-state index contributed by atoms with van der Waals surface area (Å²) in [6, 6.07) is 8.71. The first-order chi connectivity index (χ1) is 15.2. The Kier molecular flexibility index (Phi) is 10.6. The third kappa shape index (κ3) is 7.87. The molecule has 0 atom stereocenters. The summed E-state index contributed by atoms with van der Waals surface area (Å²) in [4.78, 5) is 0. The summed E-state index contributed by atoms with van der Waals surface area (Å²) >= 11 is 0. The summed E-state index contributed by atoms with van der Waals surface area (Å²) in [5, 5.41) is 20.5. The standard InChI is InChI=1S/C30H46O2/c1-21(2)27-19-25(17-23(5)29(27)31)15-13-11-9-7-8-10-12-14-16-26-18-24(6)30(32)28(20-26)22(3)4/h17-22,31-32H,7-16H2,1-6H3. The molecular weight excluding hydrogens is 392 g/mol. The van der Waals surface area contributed by atoms with Gasteiger partial charge in [-0.2, -0.15) is 0 Å². The predicted octanol–water partition coefficient (Wildman–Crippen LogP) is 8.87. The van der Waals surface area contributed by atoms with Crippen LogP contribution < -0.4 is 0 Å². The van der Waals surface area contributed by atoms with Crippen LogP contribution in [0, 0.1) is 13.8 Å². The van der Waals surface area contributed by atoms with Crippen LogP contribution in [0.2, 0.25) is 0 Å². The van der Waals surface area contributed by atoms with Crippen LogP contribution in [0.25, 0.3) is 0 Å². The molecule has 0 aromatic heterocycles. The van der Waals surface area contributed by atoms with Crippen molar-refractivity contribution in [3.05, 3.63) is 57.6 Å². The summed E-state index contributed by atoms with van der Waals surface area (Å²) in [6.07, 6.45) is 12.6. The van der Waals surface area contributed by atoms with Gasteiger partial charge in [-0.15, -0.1) is 0 Å². The lowest BCUT2D eigenvalue weighted by atomic mass is 9.94. The number of phenols is 2. The molecule has 178 valence electrons. The molecule has 0 fully saturated rings. The lowest BCUT2D eigenvalue weighted by Crippen LogP contribution is -1.95. The lowest BCUT2D eigenvalue weighted by Gasteiger charge is -2.13. The van der Waals surface area contributed by atoms with Crippen molar-refractivity contribution in [1.29, 1.82) is 0 Å². The van der Waals surface area contributed by atoms with E-state index in [0.717, 1.165) is 35.1 Å². The van der Waals surface area contributed by atoms with E-state index in [-0.39, 0.29) is 0 Å². The Morgan fingerprint density at radius 1 is 0.531 bits per heavy atom. The molecule has 2 aromatic rings. The molecule has 32 heavy (non-hydrogen) atoms. The minimum Gasteiger partial charge on any atom is -0.507 e. The average molecular weight is 439 g/mol. The number of hydrogen-bond acceptors (Lipinski definition) is 2. The molecular formula is C30H46O2. The molecule has 0 aliphatic carbocycles. The van der Waals surface area contributed by atoms with E-state index in [9.17, 15) is 10.2 Å². The van der Waals surface area contributed by atoms with Crippen LogP contribution in [-0.2, 0) is 12.8 Å². The van der Waals surface area contributed by atoms with Crippen LogP contribution in [0.1, 0.15) is 124 Å². The molecule has 0 aliphatic heterocycles. The monoisotopic (exact) mass is 438 g/mol. The minimum atomic E-state index is 0.365. The van der Waals surface area contributed by atoms with E-state index in [0.29, 0.717) is 23.3 Å². The Labute approximate surface area is 197 Å². The Morgan fingerprint density at radius 3 is 1.16 bits per heavy atom. The molecule has 2 heteroatoms. The number of phenolic OH excluding ortho intramolecular Hbond substituents is 2. The second kappa shape index (κ2) is 12.9. The molecule has 0 spiro atoms. The molecule has 0 unspecified atom stereocenters. The van der Waals surface area contributed by atoms with Crippen molar-refractivity contribution in [3.63, 3.8) is 0 Å². The molecule has 0 heterocycles. The number of unbranched alkanes of at least 4 members (excludes halogenated alkanes) is 7. The van der Waals surface area contributed by atoms with Crippen LogP contribution >= 0.6 is 0 Å². The van der Waals surface area contributed by atoms with E-state index in [1.165, 1.54) is 62.5 Å². The largest absolute Gasteiger partial charge is 0.507 e. The van der Waals surface area contributed by atoms with E-state index < -0.39 is 0 Å². The Bertz CT molecular complexity index is 777. The molecule has 2 rings (SSSR count). The molecule has 2 N–H and O–H groups in total. The van der Waals surface area contributed by atoms with Crippen LogP contribution in [0.15, 0.2) is 24.3 Å². The molecule has 0 amide bonds. The van der Waals surface area contributed by atoms with Gasteiger partial charge in [-0.1, -0.05) is 90.5 Å². The quantitative estimate of drug-likeness (QED) is 0.307. The van der Waals surface area contributed by atoms with E-state index in [4.69, 9.17) is 0 Å². The lowest BCUT2D eigenvalue weighted by molar-refractivity contribution is 0.459. The smallest absolute Gasteiger partial charge is 0.121 e. The molecule has 0 bridgehead atoms. The molecule has 0 saturated heterocycles. The number of rotatable bonds is 13. The van der Waals surface area contributed by atoms with Crippen molar-refractivity contribution in [2.45, 2.75) is 118 Å². The van der Waals surface area contributed by atoms with Gasteiger partial charge in [0.25, 0.3) is 0 Å². The predicted molar refractivity (Wildman–Crippen MR) is 138 cm³/mol. The van der Waals surface area contributed by atoms with Crippen molar-refractivity contribution in [2.24, 2.45) is 0 Å². The van der Waals surface area contributed by atoms with Gasteiger partial charge in [0, 0.05) is 0 Å². The van der Waals surface area contributed by atoms with E-state index >= 15 is 0 Å². The SMILES string of the molecule is Cc1cc(CCCCCCCCCCc2cc(C)c(O)c(C(C)C)c2)cc(C(C)C)c1O. The van der Waals surface area contributed by atoms with E-state index in [1.807, 2.05) is 13.8 Å². The molecule has 0 saturated carbocycles. The van der Waals surface area contributed by atoms with E-state index in [2.05, 4.69) is 52.0 Å². The highest BCUT2D eigenvalue weighted by Crippen LogP contribution is 2.31. The van der Waals surface area contributed by atoms with E-state index in [1.54, 1.807) is 0 Å². The fraction of sp³-hybridized carbons (Fsp3) is 0.600. The summed E-state index contributed by atoms with van der Waals surface area (Å²) < 4.78 is 0. The van der Waals surface area contributed by atoms with Gasteiger partial charge in [0.2, 0.25) is 0 Å². The zero-order valence-electron chi connectivity index (χ0n) is 21.4. The van der Waals surface area contributed by atoms with Crippen molar-refractivity contribution in [2.75, 3.05) is 0 Å². The third-order valence-electron chi connectivity index (χ3n) is 6.70. The first-order valence-electron chi connectivity index (χ1n) is 12.9. The van der Waals surface area contributed by atoms with Gasteiger partial charge in [0.15, 0.2) is 0 Å². The Hall–Kier alpha value is -1.96. The van der Waals surface area contributed by atoms with Crippen LogP contribution in [-0.4, -0.2) is 10.2 Å². The summed E-state index contributed by atoms with van der Waals surface area (Å²) in [5.41, 5.74) is 6.93. The number of benzene rings is 2. The maximum Gasteiger partial charge on any atom is 0.121 e. The van der Waals surface area contributed by atoms with Crippen molar-refractivity contribution >= 4 is 0 Å². The second-order valence-electron chi connectivity index (χ2n) is 10.3. The molecule has 0 aliphatic rings. The third-order valence-corrected chi connectivity index (χ3v) is 6.70. The molecule has 0 radical (unpaired) electrons. The fourth-order valence-corrected chi connectivity index (χ4v) is 4.66. The Balaban J connectivity index is 1.59. The Morgan fingerprint density at radius 2 is 0.844 bits per heavy atom. The van der Waals surface area contributed by atoms with Gasteiger partial charge in [0.1, 0.15) is 11.5 Å². The molecule has 2 nitrogen and oxygen atoms in total. The van der Waals surface area contributed by atoms with Gasteiger partial charge in [-0.3, -0.25) is 0 Å². The minimum absolute atomic E-state index is 0.365. The number of aryl methyl sites for hydroxylation is 4. The summed E-state index contributed by atoms with van der Waals surface area (Å²) in [5.74, 6) is 1.68. The second-order valence-corrected chi connectivity index (χ2v) is 10.3. The van der Waals surface area contributed by atoms with Gasteiger partial charge in [-0.05, 0) is 84.7 Å². The van der Waals surface area contributed by atoms with Crippen molar-refractivity contribution < 1.29 is 10.2 Å². The van der Waals surface area contributed by atoms with Gasteiger partial charge >= 0.3 is 0 Å². The highest BCUT2D eigenvalue weighted by molar-refractivity contribution is 5.45. The summed E-state index contributed by atoms with van der Waals surface area (Å²) in [6.45, 7) is 12.6. The van der Waals surface area contributed by atoms with Crippen LogP contribution in [0.4, 0.5) is 0 Å². The highest BCUT2D eigenvalue weighted by Gasteiger charge is 2.11. The maximum absolute atomic E-state index is 10.2.